The second-order valence-electron chi connectivity index (χ2n) is 4.01. The Morgan fingerprint density at radius 3 is 2.67 bits per heavy atom. The lowest BCUT2D eigenvalue weighted by molar-refractivity contribution is 0.102. The number of aliphatic hydroxyl groups is 1. The molecule has 0 aliphatic heterocycles. The summed E-state index contributed by atoms with van der Waals surface area (Å²) in [6, 6.07) is 3.87. The molecule has 1 aromatic rings. The Bertz CT molecular complexity index is 264. The minimum absolute atomic E-state index is 0.294. The second kappa shape index (κ2) is 6.53. The first-order valence-corrected chi connectivity index (χ1v) is 5.28. The zero-order valence-electron chi connectivity index (χ0n) is 9.39. The van der Waals surface area contributed by atoms with Gasteiger partial charge in [0.1, 0.15) is 0 Å². The van der Waals surface area contributed by atoms with Crippen LogP contribution in [0.2, 0.25) is 0 Å². The Morgan fingerprint density at radius 2 is 2.07 bits per heavy atom. The van der Waals surface area contributed by atoms with Gasteiger partial charge in [-0.3, -0.25) is 4.98 Å². The van der Waals surface area contributed by atoms with Crippen molar-refractivity contribution in [2.75, 3.05) is 13.7 Å². The zero-order valence-corrected chi connectivity index (χ0v) is 9.39. The van der Waals surface area contributed by atoms with Crippen LogP contribution in [0.1, 0.15) is 18.9 Å². The first-order chi connectivity index (χ1) is 7.22. The van der Waals surface area contributed by atoms with Gasteiger partial charge >= 0.3 is 0 Å². The Morgan fingerprint density at radius 1 is 1.40 bits per heavy atom. The molecule has 1 aromatic heterocycles. The molecule has 0 aliphatic rings. The first-order valence-electron chi connectivity index (χ1n) is 5.28. The van der Waals surface area contributed by atoms with Crippen LogP contribution in [0.3, 0.4) is 0 Å². The molecule has 0 saturated heterocycles. The van der Waals surface area contributed by atoms with Crippen LogP contribution in [-0.4, -0.2) is 29.9 Å². The summed E-state index contributed by atoms with van der Waals surface area (Å²) < 4.78 is 5.03. The van der Waals surface area contributed by atoms with Crippen LogP contribution < -0.4 is 0 Å². The van der Waals surface area contributed by atoms with E-state index in [-0.39, 0.29) is 6.10 Å². The minimum Gasteiger partial charge on any atom is -0.393 e. The molecular weight excluding hydrogens is 190 g/mol. The summed E-state index contributed by atoms with van der Waals surface area (Å²) in [5.41, 5.74) is 1.13. The smallest absolute Gasteiger partial charge is 0.0584 e. The van der Waals surface area contributed by atoms with Crippen molar-refractivity contribution in [1.29, 1.82) is 0 Å². The van der Waals surface area contributed by atoms with Gasteiger partial charge in [0.05, 0.1) is 6.10 Å². The third kappa shape index (κ3) is 4.91. The summed E-state index contributed by atoms with van der Waals surface area (Å²) in [5, 5.41) is 9.82. The zero-order chi connectivity index (χ0) is 11.1. The van der Waals surface area contributed by atoms with E-state index in [1.165, 1.54) is 0 Å². The molecule has 2 atom stereocenters. The molecule has 1 heterocycles. The maximum atomic E-state index is 9.82. The largest absolute Gasteiger partial charge is 0.393 e. The van der Waals surface area contributed by atoms with Gasteiger partial charge in [0.15, 0.2) is 0 Å². The van der Waals surface area contributed by atoms with Gasteiger partial charge in [-0.05, 0) is 36.5 Å². The standard InChI is InChI=1S/C12H19NO2/c1-10(9-15-2)7-12(14)8-11-3-5-13-6-4-11/h3-6,10,12,14H,7-9H2,1-2H3. The Kier molecular flexibility index (Phi) is 5.29. The molecule has 84 valence electrons. The summed E-state index contributed by atoms with van der Waals surface area (Å²) in [6.07, 6.45) is 4.67. The van der Waals surface area contributed by atoms with E-state index in [0.717, 1.165) is 12.0 Å². The van der Waals surface area contributed by atoms with Crippen LogP contribution in [0.5, 0.6) is 0 Å². The van der Waals surface area contributed by atoms with E-state index in [9.17, 15) is 5.11 Å². The number of pyridine rings is 1. The quantitative estimate of drug-likeness (QED) is 0.774. The van der Waals surface area contributed by atoms with Gasteiger partial charge in [-0.2, -0.15) is 0 Å². The fourth-order valence-electron chi connectivity index (χ4n) is 1.69. The highest BCUT2D eigenvalue weighted by molar-refractivity contribution is 5.10. The Hall–Kier alpha value is -0.930. The number of nitrogens with zero attached hydrogens (tertiary/aromatic N) is 1. The lowest BCUT2D eigenvalue weighted by Gasteiger charge is -2.15. The fourth-order valence-corrected chi connectivity index (χ4v) is 1.69. The third-order valence-electron chi connectivity index (χ3n) is 2.35. The fraction of sp³-hybridized carbons (Fsp3) is 0.583. The number of ether oxygens (including phenoxy) is 1. The van der Waals surface area contributed by atoms with Crippen LogP contribution in [-0.2, 0) is 11.2 Å². The van der Waals surface area contributed by atoms with Crippen LogP contribution in [0.15, 0.2) is 24.5 Å². The van der Waals surface area contributed by atoms with Crippen molar-refractivity contribution >= 4 is 0 Å². The number of hydrogen-bond donors (Lipinski definition) is 1. The van der Waals surface area contributed by atoms with Crippen LogP contribution in [0, 0.1) is 5.92 Å². The lowest BCUT2D eigenvalue weighted by atomic mass is 9.99. The van der Waals surface area contributed by atoms with Crippen molar-refractivity contribution in [3.63, 3.8) is 0 Å². The van der Waals surface area contributed by atoms with Gasteiger partial charge in [-0.1, -0.05) is 6.92 Å². The van der Waals surface area contributed by atoms with E-state index >= 15 is 0 Å². The number of aromatic nitrogens is 1. The first kappa shape index (κ1) is 12.1. The molecule has 0 amide bonds. The maximum Gasteiger partial charge on any atom is 0.0584 e. The van der Waals surface area contributed by atoms with E-state index in [1.54, 1.807) is 19.5 Å². The highest BCUT2D eigenvalue weighted by Crippen LogP contribution is 2.11. The SMILES string of the molecule is COCC(C)CC(O)Cc1ccncc1. The predicted molar refractivity (Wildman–Crippen MR) is 59.6 cm³/mol. The van der Waals surface area contributed by atoms with Crippen molar-refractivity contribution in [2.45, 2.75) is 25.9 Å². The predicted octanol–water partition coefficient (Wildman–Crippen LogP) is 1.66. The van der Waals surface area contributed by atoms with Crippen LogP contribution in [0.25, 0.3) is 0 Å². The van der Waals surface area contributed by atoms with Crippen molar-refractivity contribution in [3.05, 3.63) is 30.1 Å². The van der Waals surface area contributed by atoms with Gasteiger partial charge in [0.25, 0.3) is 0 Å². The molecule has 0 spiro atoms. The molecule has 3 nitrogen and oxygen atoms in total. The molecule has 0 aromatic carbocycles. The summed E-state index contributed by atoms with van der Waals surface area (Å²) in [5.74, 6) is 0.395. The van der Waals surface area contributed by atoms with Crippen LogP contribution >= 0.6 is 0 Å². The Labute approximate surface area is 91.1 Å². The van der Waals surface area contributed by atoms with Crippen molar-refractivity contribution in [2.24, 2.45) is 5.92 Å². The molecule has 1 N–H and O–H groups in total. The molecule has 0 bridgehead atoms. The molecule has 0 fully saturated rings. The third-order valence-corrected chi connectivity index (χ3v) is 2.35. The van der Waals surface area contributed by atoms with Gasteiger partial charge in [0, 0.05) is 26.1 Å². The highest BCUT2D eigenvalue weighted by Gasteiger charge is 2.10. The van der Waals surface area contributed by atoms with Crippen molar-refractivity contribution in [1.82, 2.24) is 4.98 Å². The average molecular weight is 209 g/mol. The van der Waals surface area contributed by atoms with Gasteiger partial charge in [-0.15, -0.1) is 0 Å². The van der Waals surface area contributed by atoms with Gasteiger partial charge in [-0.25, -0.2) is 0 Å². The molecule has 0 saturated carbocycles. The molecule has 2 unspecified atom stereocenters. The number of hydrogen-bond acceptors (Lipinski definition) is 3. The lowest BCUT2D eigenvalue weighted by Crippen LogP contribution is -2.17. The summed E-state index contributed by atoms with van der Waals surface area (Å²) in [6.45, 7) is 2.78. The average Bonchev–Trinajstić information content (AvgIpc) is 2.19. The van der Waals surface area contributed by atoms with E-state index in [4.69, 9.17) is 4.74 Å². The van der Waals surface area contributed by atoms with E-state index in [2.05, 4.69) is 11.9 Å². The second-order valence-corrected chi connectivity index (χ2v) is 4.01. The van der Waals surface area contributed by atoms with E-state index < -0.39 is 0 Å². The molecule has 3 heteroatoms. The number of aliphatic hydroxyl groups excluding tert-OH is 1. The molecule has 15 heavy (non-hydrogen) atoms. The Balaban J connectivity index is 2.33. The monoisotopic (exact) mass is 209 g/mol. The van der Waals surface area contributed by atoms with Gasteiger partial charge in [0.2, 0.25) is 0 Å². The topological polar surface area (TPSA) is 42.4 Å². The van der Waals surface area contributed by atoms with Crippen molar-refractivity contribution < 1.29 is 9.84 Å². The maximum absolute atomic E-state index is 9.82. The van der Waals surface area contributed by atoms with E-state index in [0.29, 0.717) is 18.9 Å². The summed E-state index contributed by atoms with van der Waals surface area (Å²) in [4.78, 5) is 3.94. The molecular formula is C12H19NO2. The van der Waals surface area contributed by atoms with Gasteiger partial charge < -0.3 is 9.84 Å². The summed E-state index contributed by atoms with van der Waals surface area (Å²) in [7, 11) is 1.69. The van der Waals surface area contributed by atoms with E-state index in [1.807, 2.05) is 12.1 Å². The molecule has 1 rings (SSSR count). The van der Waals surface area contributed by atoms with Crippen LogP contribution in [0.4, 0.5) is 0 Å². The van der Waals surface area contributed by atoms with Crippen molar-refractivity contribution in [3.8, 4) is 0 Å². The number of methoxy groups -OCH3 is 1. The molecule has 0 radical (unpaired) electrons. The molecule has 0 aliphatic carbocycles. The summed E-state index contributed by atoms with van der Waals surface area (Å²) >= 11 is 0. The normalized spacial score (nSPS) is 14.9. The minimum atomic E-state index is -0.294. The number of rotatable bonds is 6. The highest BCUT2D eigenvalue weighted by atomic mass is 16.5.